The Morgan fingerprint density at radius 1 is 0.427 bits per heavy atom. The van der Waals surface area contributed by atoms with Crippen LogP contribution in [0.15, 0.2) is 160 Å². The van der Waals surface area contributed by atoms with Gasteiger partial charge in [-0.25, -0.2) is 25.3 Å². The van der Waals surface area contributed by atoms with Crippen molar-refractivity contribution in [1.82, 2.24) is 0 Å². The van der Waals surface area contributed by atoms with Crippen molar-refractivity contribution in [1.29, 1.82) is 0 Å². The van der Waals surface area contributed by atoms with Gasteiger partial charge in [-0.15, -0.1) is 0 Å². The van der Waals surface area contributed by atoms with E-state index in [-0.39, 0.29) is 55.0 Å². The van der Waals surface area contributed by atoms with E-state index in [0.717, 1.165) is 4.31 Å². The predicted octanol–water partition coefficient (Wildman–Crippen LogP) is 6.82. The van der Waals surface area contributed by atoms with Gasteiger partial charge in [-0.2, -0.15) is 0 Å². The zero-order chi connectivity index (χ0) is 54.8. The summed E-state index contributed by atoms with van der Waals surface area (Å²) in [7, 11) is -8.81. The summed E-state index contributed by atoms with van der Waals surface area (Å²) < 4.78 is 99.1. The molecule has 0 saturated carbocycles. The number of carboxylic acids is 4. The fourth-order valence-electron chi connectivity index (χ4n) is 7.80. The number of methoxy groups -OCH3 is 3. The minimum Gasteiger partial charge on any atom is -0.497 e. The molecule has 0 aliphatic rings. The minimum atomic E-state index is -4.44. The summed E-state index contributed by atoms with van der Waals surface area (Å²) in [6, 6.07) is 34.7. The molecule has 7 aromatic rings. The van der Waals surface area contributed by atoms with Gasteiger partial charge in [-0.1, -0.05) is 48.5 Å². The van der Waals surface area contributed by atoms with Gasteiger partial charge in [0.05, 0.1) is 59.5 Å². The van der Waals surface area contributed by atoms with Crippen LogP contribution in [-0.4, -0.2) is 117 Å². The summed E-state index contributed by atoms with van der Waals surface area (Å²) >= 11 is 0. The second-order valence-corrected chi connectivity index (χ2v) is 21.8. The highest BCUT2D eigenvalue weighted by Crippen LogP contribution is 2.40. The van der Waals surface area contributed by atoms with Gasteiger partial charge in [-0.05, 0) is 104 Å². The second kappa shape index (κ2) is 23.5. The number of nitrogens with zero attached hydrogens (tertiary/aromatic N) is 3. The van der Waals surface area contributed by atoms with E-state index in [9.17, 15) is 59.8 Å². The van der Waals surface area contributed by atoms with E-state index in [0.29, 0.717) is 42.3 Å². The highest BCUT2D eigenvalue weighted by molar-refractivity contribution is 7.93. The zero-order valence-corrected chi connectivity index (χ0v) is 42.9. The Kier molecular flexibility index (Phi) is 17.5. The average Bonchev–Trinajstić information content (AvgIpc) is 3.38. The van der Waals surface area contributed by atoms with Crippen molar-refractivity contribution < 1.29 is 79.1 Å². The SMILES string of the molecule is COc1ccc(S(=O)(=O)N(CC(=O)O)c2ccc(N(CC(=O)O)S(=O)(=O)c3ccc(OC)cc3)c3ccccc23)cc1.COc1ccc(S(=O)(=O)N(CC(=O)O)c2ccc(N[C@@H](C)CC(=O)O)c3ccccc23)cc1. The van der Waals surface area contributed by atoms with Gasteiger partial charge in [0.1, 0.15) is 36.9 Å². The number of sulfonamides is 3. The fourth-order valence-corrected chi connectivity index (χ4v) is 12.1. The molecule has 0 fully saturated rings. The standard InChI is InChI=1S/C28H26N2O10S2.C23H24N2O7S/c1-39-19-7-11-21(12-8-19)41(35,36)29(17-27(31)32)25-15-16-26(24-6-4-3-5-23(24)25)30(18-28(33)34)42(37,38)22-13-9-20(40-2)10-14-22;1-15(13-22(26)27)24-20-11-12-21(19-6-4-3-5-18(19)20)25(14-23(28)29)33(30,31)17-9-7-16(32-2)8-10-17/h3-16H,17-18H2,1-2H3,(H,31,32)(H,33,34);3-12,15,24H,13-14H2,1-2H3,(H,26,27)(H,28,29)/t;15-/m.0/s1. The summed E-state index contributed by atoms with van der Waals surface area (Å²) in [4.78, 5) is 45.8. The fraction of sp³-hybridized carbons (Fsp3) is 0.176. The van der Waals surface area contributed by atoms with Crippen LogP contribution in [-0.2, 0) is 49.2 Å². The van der Waals surface area contributed by atoms with Gasteiger partial charge in [0, 0.05) is 33.3 Å². The van der Waals surface area contributed by atoms with Crippen LogP contribution < -0.4 is 32.4 Å². The number of nitrogens with one attached hydrogen (secondary N) is 1. The maximum Gasteiger partial charge on any atom is 0.324 e. The molecule has 0 heterocycles. The Bertz CT molecular complexity index is 3450. The summed E-state index contributed by atoms with van der Waals surface area (Å²) in [6.07, 6.45) is -0.104. The summed E-state index contributed by atoms with van der Waals surface area (Å²) in [5.41, 5.74) is 0.704. The molecule has 0 saturated heterocycles. The normalized spacial score (nSPS) is 11.8. The molecule has 0 radical (unpaired) electrons. The zero-order valence-electron chi connectivity index (χ0n) is 40.4. The Labute approximate surface area is 431 Å². The lowest BCUT2D eigenvalue weighted by atomic mass is 10.1. The highest BCUT2D eigenvalue weighted by atomic mass is 32.2. The van der Waals surface area contributed by atoms with E-state index in [2.05, 4.69) is 5.32 Å². The van der Waals surface area contributed by atoms with E-state index >= 15 is 0 Å². The molecular weight excluding hydrogens is 1040 g/mol. The first-order valence-corrected chi connectivity index (χ1v) is 26.5. The molecule has 5 N–H and O–H groups in total. The number of ether oxygens (including phenoxy) is 3. The third kappa shape index (κ3) is 12.8. The summed E-state index contributed by atoms with van der Waals surface area (Å²) in [6.45, 7) is -0.941. The molecule has 394 valence electrons. The van der Waals surface area contributed by atoms with Gasteiger partial charge >= 0.3 is 23.9 Å². The van der Waals surface area contributed by atoms with E-state index in [1.165, 1.54) is 124 Å². The van der Waals surface area contributed by atoms with Gasteiger partial charge in [-0.3, -0.25) is 32.1 Å². The van der Waals surface area contributed by atoms with Crippen LogP contribution in [0.4, 0.5) is 22.7 Å². The molecule has 75 heavy (non-hydrogen) atoms. The van der Waals surface area contributed by atoms with Gasteiger partial charge in [0.15, 0.2) is 0 Å². The quantitative estimate of drug-likeness (QED) is 0.0465. The first kappa shape index (κ1) is 55.7. The first-order chi connectivity index (χ1) is 35.5. The van der Waals surface area contributed by atoms with Gasteiger partial charge in [0.2, 0.25) is 0 Å². The smallest absolute Gasteiger partial charge is 0.324 e. The van der Waals surface area contributed by atoms with Crippen molar-refractivity contribution in [3.63, 3.8) is 0 Å². The molecule has 1 atom stereocenters. The summed E-state index contributed by atoms with van der Waals surface area (Å²) in [5.74, 6) is -3.88. The number of hydrogen-bond donors (Lipinski definition) is 5. The maximum atomic E-state index is 13.7. The Morgan fingerprint density at radius 2 is 0.707 bits per heavy atom. The van der Waals surface area contributed by atoms with E-state index in [4.69, 9.17) is 19.3 Å². The van der Waals surface area contributed by atoms with Crippen molar-refractivity contribution in [3.05, 3.63) is 146 Å². The molecule has 0 spiro atoms. The minimum absolute atomic E-state index is 0.0512. The summed E-state index contributed by atoms with van der Waals surface area (Å²) in [5, 5.41) is 42.4. The molecule has 7 aromatic carbocycles. The van der Waals surface area contributed by atoms with Crippen LogP contribution in [0, 0.1) is 0 Å². The molecule has 24 heteroatoms. The topological polar surface area (TPSA) is 301 Å². The third-order valence-corrected chi connectivity index (χ3v) is 16.6. The molecule has 0 bridgehead atoms. The number of fused-ring (bicyclic) bond motifs is 2. The van der Waals surface area contributed by atoms with Crippen molar-refractivity contribution in [2.75, 3.05) is 59.2 Å². The largest absolute Gasteiger partial charge is 0.497 e. The molecule has 0 aliphatic heterocycles. The molecule has 0 aliphatic carbocycles. The number of carbonyl (C=O) groups is 4. The lowest BCUT2D eigenvalue weighted by Gasteiger charge is -2.28. The van der Waals surface area contributed by atoms with Crippen molar-refractivity contribution >= 4 is 98.2 Å². The van der Waals surface area contributed by atoms with Crippen molar-refractivity contribution in [2.24, 2.45) is 0 Å². The molecule has 0 unspecified atom stereocenters. The maximum absolute atomic E-state index is 13.7. The monoisotopic (exact) mass is 1090 g/mol. The van der Waals surface area contributed by atoms with Crippen LogP contribution in [0.2, 0.25) is 0 Å². The lowest BCUT2D eigenvalue weighted by Crippen LogP contribution is -2.37. The van der Waals surface area contributed by atoms with E-state index < -0.39 is 73.6 Å². The number of rotatable bonds is 22. The molecule has 0 amide bonds. The first-order valence-electron chi connectivity index (χ1n) is 22.2. The van der Waals surface area contributed by atoms with Crippen molar-refractivity contribution in [3.8, 4) is 17.2 Å². The molecule has 0 aromatic heterocycles. The second-order valence-electron chi connectivity index (χ2n) is 16.2. The number of benzene rings is 7. The van der Waals surface area contributed by atoms with Crippen LogP contribution in [0.5, 0.6) is 17.2 Å². The Morgan fingerprint density at radius 3 is 0.987 bits per heavy atom. The number of carboxylic acid groups (broad SMARTS) is 4. The predicted molar refractivity (Wildman–Crippen MR) is 279 cm³/mol. The molecule has 21 nitrogen and oxygen atoms in total. The Balaban J connectivity index is 0.000000251. The van der Waals surface area contributed by atoms with Crippen LogP contribution in [0.3, 0.4) is 0 Å². The molecule has 7 rings (SSSR count). The van der Waals surface area contributed by atoms with Gasteiger partial charge < -0.3 is 40.0 Å². The van der Waals surface area contributed by atoms with Crippen LogP contribution >= 0.6 is 0 Å². The number of hydrogen-bond acceptors (Lipinski definition) is 14. The van der Waals surface area contributed by atoms with E-state index in [1.807, 2.05) is 0 Å². The van der Waals surface area contributed by atoms with Crippen LogP contribution in [0.25, 0.3) is 21.5 Å². The Hall–Kier alpha value is -8.61. The van der Waals surface area contributed by atoms with Gasteiger partial charge in [0.25, 0.3) is 30.1 Å². The number of aliphatic carboxylic acids is 4. The lowest BCUT2D eigenvalue weighted by molar-refractivity contribution is -0.137. The highest BCUT2D eigenvalue weighted by Gasteiger charge is 2.33. The average molecular weight is 1090 g/mol. The van der Waals surface area contributed by atoms with Crippen molar-refractivity contribution in [2.45, 2.75) is 34.1 Å². The number of anilines is 4. The molecular formula is C51H50N4O17S3. The van der Waals surface area contributed by atoms with E-state index in [1.54, 1.807) is 49.4 Å². The third-order valence-electron chi connectivity index (χ3n) is 11.2. The van der Waals surface area contributed by atoms with Crippen LogP contribution in [0.1, 0.15) is 13.3 Å².